The van der Waals surface area contributed by atoms with Gasteiger partial charge in [-0.1, -0.05) is 6.92 Å². The number of thioether (sulfide) groups is 1. The molecule has 1 aliphatic rings. The summed E-state index contributed by atoms with van der Waals surface area (Å²) >= 11 is 2.10. The van der Waals surface area contributed by atoms with E-state index in [2.05, 4.69) is 31.1 Å². The maximum atomic E-state index is 10.6. The number of alkyl halides is 3. The first-order chi connectivity index (χ1) is 8.81. The summed E-state index contributed by atoms with van der Waals surface area (Å²) in [5.41, 5.74) is 0. The zero-order chi connectivity index (χ0) is 14.9. The van der Waals surface area contributed by atoms with Gasteiger partial charge in [0, 0.05) is 6.04 Å². The quantitative estimate of drug-likeness (QED) is 0.837. The Morgan fingerprint density at radius 1 is 1.32 bits per heavy atom. The van der Waals surface area contributed by atoms with Crippen LogP contribution in [0.2, 0.25) is 0 Å². The summed E-state index contributed by atoms with van der Waals surface area (Å²) in [4.78, 5) is 8.90. The van der Waals surface area contributed by atoms with Crippen LogP contribution in [0.3, 0.4) is 0 Å². The number of carbonyl (C=O) groups is 1. The van der Waals surface area contributed by atoms with Crippen LogP contribution in [0.4, 0.5) is 13.2 Å². The average Bonchev–Trinajstić information content (AvgIpc) is 2.36. The monoisotopic (exact) mass is 301 g/mol. The molecule has 0 aromatic heterocycles. The van der Waals surface area contributed by atoms with Gasteiger partial charge in [-0.25, -0.2) is 4.79 Å². The second kappa shape index (κ2) is 9.47. The van der Waals surface area contributed by atoms with Crippen LogP contribution in [0.5, 0.6) is 0 Å². The Labute approximate surface area is 116 Å². The third-order valence-corrected chi connectivity index (χ3v) is 4.17. The summed E-state index contributed by atoms with van der Waals surface area (Å²) < 4.78 is 31.7. The first kappa shape index (κ1) is 18.6. The first-order valence-corrected chi connectivity index (χ1v) is 7.51. The van der Waals surface area contributed by atoms with Gasteiger partial charge in [0.05, 0.1) is 0 Å². The Balaban J connectivity index is 0.000000399. The normalized spacial score (nSPS) is 23.4. The Bertz CT molecular complexity index is 254. The van der Waals surface area contributed by atoms with E-state index in [0.29, 0.717) is 0 Å². The Hall–Kier alpha value is -0.430. The van der Waals surface area contributed by atoms with Crippen molar-refractivity contribution in [1.29, 1.82) is 0 Å². The summed E-state index contributed by atoms with van der Waals surface area (Å²) in [7, 11) is 2.09. The van der Waals surface area contributed by atoms with Crippen molar-refractivity contribution >= 4 is 17.7 Å². The highest BCUT2D eigenvalue weighted by atomic mass is 32.2. The topological polar surface area (TPSA) is 49.3 Å². The van der Waals surface area contributed by atoms with E-state index in [1.807, 2.05) is 0 Å². The number of nitrogens with one attached hydrogen (secondary N) is 1. The lowest BCUT2D eigenvalue weighted by atomic mass is 9.87. The minimum Gasteiger partial charge on any atom is -0.475 e. The third kappa shape index (κ3) is 9.15. The summed E-state index contributed by atoms with van der Waals surface area (Å²) in [5.74, 6) is 0.936. The van der Waals surface area contributed by atoms with E-state index in [-0.39, 0.29) is 0 Å². The van der Waals surface area contributed by atoms with Crippen molar-refractivity contribution in [2.45, 2.75) is 44.8 Å². The van der Waals surface area contributed by atoms with Crippen molar-refractivity contribution in [3.05, 3.63) is 0 Å². The molecule has 2 N–H and O–H groups in total. The Morgan fingerprint density at radius 3 is 2.11 bits per heavy atom. The van der Waals surface area contributed by atoms with Crippen molar-refractivity contribution in [1.82, 2.24) is 5.32 Å². The predicted octanol–water partition coefficient (Wildman–Crippen LogP) is 3.15. The van der Waals surface area contributed by atoms with Crippen molar-refractivity contribution < 1.29 is 23.1 Å². The van der Waals surface area contributed by atoms with Gasteiger partial charge in [0.15, 0.2) is 0 Å². The molecule has 1 fully saturated rings. The van der Waals surface area contributed by atoms with E-state index in [1.54, 1.807) is 0 Å². The fourth-order valence-electron chi connectivity index (χ4n) is 1.90. The van der Waals surface area contributed by atoms with Crippen LogP contribution >= 0.6 is 11.8 Å². The second-order valence-corrected chi connectivity index (χ2v) is 5.79. The van der Waals surface area contributed by atoms with Crippen LogP contribution in [0.1, 0.15) is 32.6 Å². The summed E-state index contributed by atoms with van der Waals surface area (Å²) in [6, 6.07) is 0.813. The minimum absolute atomic E-state index is 0.813. The van der Waals surface area contributed by atoms with Gasteiger partial charge >= 0.3 is 12.1 Å². The predicted molar refractivity (Wildman–Crippen MR) is 71.5 cm³/mol. The molecule has 1 saturated carbocycles. The highest BCUT2D eigenvalue weighted by molar-refractivity contribution is 7.99. The second-order valence-electron chi connectivity index (χ2n) is 4.47. The molecule has 0 saturated heterocycles. The van der Waals surface area contributed by atoms with Crippen LogP contribution in [0, 0.1) is 5.92 Å². The SMILES string of the molecule is CCSC[C@H]1CC[C@H](NC)CC1.O=C(O)C(F)(F)F. The van der Waals surface area contributed by atoms with E-state index in [4.69, 9.17) is 9.90 Å². The van der Waals surface area contributed by atoms with Crippen molar-refractivity contribution in [3.8, 4) is 0 Å². The van der Waals surface area contributed by atoms with Gasteiger partial charge in [0.1, 0.15) is 0 Å². The van der Waals surface area contributed by atoms with E-state index >= 15 is 0 Å². The molecule has 7 heteroatoms. The molecule has 19 heavy (non-hydrogen) atoms. The first-order valence-electron chi connectivity index (χ1n) is 6.36. The van der Waals surface area contributed by atoms with Crippen LogP contribution in [-0.2, 0) is 4.79 Å². The molecule has 0 bridgehead atoms. The van der Waals surface area contributed by atoms with Gasteiger partial charge in [0.25, 0.3) is 0 Å². The standard InChI is InChI=1S/C10H21NS.C2HF3O2/c1-3-12-8-9-4-6-10(11-2)7-5-9;3-2(4,5)1(6)7/h9-11H,3-8H2,1-2H3;(H,6,7)/t9-,10-;. The van der Waals surface area contributed by atoms with Crippen LogP contribution in [-0.4, -0.2) is 41.8 Å². The van der Waals surface area contributed by atoms with E-state index in [9.17, 15) is 13.2 Å². The maximum absolute atomic E-state index is 10.6. The summed E-state index contributed by atoms with van der Waals surface area (Å²) in [6.45, 7) is 2.25. The Morgan fingerprint density at radius 2 is 1.79 bits per heavy atom. The third-order valence-electron chi connectivity index (χ3n) is 3.06. The number of hydrogen-bond donors (Lipinski definition) is 2. The number of carboxylic acids is 1. The lowest BCUT2D eigenvalue weighted by Crippen LogP contribution is -2.30. The number of rotatable bonds is 4. The largest absolute Gasteiger partial charge is 0.490 e. The lowest BCUT2D eigenvalue weighted by Gasteiger charge is -2.27. The molecule has 0 atom stereocenters. The molecule has 0 aromatic rings. The molecule has 3 nitrogen and oxygen atoms in total. The molecule has 1 rings (SSSR count). The fourth-order valence-corrected chi connectivity index (χ4v) is 2.80. The molecule has 0 aromatic carbocycles. The molecule has 0 unspecified atom stereocenters. The highest BCUT2D eigenvalue weighted by Crippen LogP contribution is 2.26. The molecular weight excluding hydrogens is 279 g/mol. The van der Waals surface area contributed by atoms with Crippen LogP contribution < -0.4 is 5.32 Å². The van der Waals surface area contributed by atoms with Gasteiger partial charge in [0.2, 0.25) is 0 Å². The maximum Gasteiger partial charge on any atom is 0.490 e. The molecule has 1 aliphatic carbocycles. The number of carboxylic acid groups (broad SMARTS) is 1. The summed E-state index contributed by atoms with van der Waals surface area (Å²) in [6.07, 6.45) is 0.591. The molecule has 0 radical (unpaired) electrons. The van der Waals surface area contributed by atoms with E-state index in [0.717, 1.165) is 12.0 Å². The van der Waals surface area contributed by atoms with E-state index in [1.165, 1.54) is 37.2 Å². The lowest BCUT2D eigenvalue weighted by molar-refractivity contribution is -0.192. The highest BCUT2D eigenvalue weighted by Gasteiger charge is 2.38. The smallest absolute Gasteiger partial charge is 0.475 e. The fraction of sp³-hybridized carbons (Fsp3) is 0.917. The minimum atomic E-state index is -5.08. The van der Waals surface area contributed by atoms with Crippen LogP contribution in [0.15, 0.2) is 0 Å². The van der Waals surface area contributed by atoms with Crippen molar-refractivity contribution in [2.75, 3.05) is 18.6 Å². The van der Waals surface area contributed by atoms with Gasteiger partial charge in [-0.05, 0) is 50.2 Å². The summed E-state index contributed by atoms with van der Waals surface area (Å²) in [5, 5.41) is 10.5. The number of aliphatic carboxylic acids is 1. The molecule has 0 amide bonds. The van der Waals surface area contributed by atoms with Gasteiger partial charge < -0.3 is 10.4 Å². The molecule has 114 valence electrons. The number of halogens is 3. The zero-order valence-electron chi connectivity index (χ0n) is 11.3. The zero-order valence-corrected chi connectivity index (χ0v) is 12.1. The average molecular weight is 301 g/mol. The van der Waals surface area contributed by atoms with Gasteiger partial charge in [-0.3, -0.25) is 0 Å². The molecular formula is C12H22F3NO2S. The molecule has 0 aliphatic heterocycles. The van der Waals surface area contributed by atoms with Crippen molar-refractivity contribution in [3.63, 3.8) is 0 Å². The number of hydrogen-bond acceptors (Lipinski definition) is 3. The molecule has 0 spiro atoms. The van der Waals surface area contributed by atoms with E-state index < -0.39 is 12.1 Å². The molecule has 0 heterocycles. The van der Waals surface area contributed by atoms with Crippen molar-refractivity contribution in [2.24, 2.45) is 5.92 Å². The van der Waals surface area contributed by atoms with Gasteiger partial charge in [-0.15, -0.1) is 0 Å². The van der Waals surface area contributed by atoms with Gasteiger partial charge in [-0.2, -0.15) is 24.9 Å². The Kier molecular flexibility index (Phi) is 9.26. The van der Waals surface area contributed by atoms with Crippen LogP contribution in [0.25, 0.3) is 0 Å².